The Bertz CT molecular complexity index is 1000. The summed E-state index contributed by atoms with van der Waals surface area (Å²) in [5, 5.41) is 2.80. The molecule has 0 spiro atoms. The molecule has 1 saturated carbocycles. The van der Waals surface area contributed by atoms with Gasteiger partial charge < -0.3 is 10.1 Å². The fourth-order valence-electron chi connectivity index (χ4n) is 4.65. The Morgan fingerprint density at radius 3 is 2.42 bits per heavy atom. The van der Waals surface area contributed by atoms with Crippen LogP contribution in [0.2, 0.25) is 0 Å². The van der Waals surface area contributed by atoms with E-state index in [0.717, 1.165) is 4.40 Å². The predicted octanol–water partition coefficient (Wildman–Crippen LogP) is 5.10. The van der Waals surface area contributed by atoms with Gasteiger partial charge >= 0.3 is 6.18 Å². The molecular formula is C22H25F6N3O2. The van der Waals surface area contributed by atoms with Crippen LogP contribution in [0.1, 0.15) is 66.0 Å². The van der Waals surface area contributed by atoms with Gasteiger partial charge in [0.1, 0.15) is 12.3 Å². The van der Waals surface area contributed by atoms with Crippen LogP contribution in [0.25, 0.3) is 5.65 Å². The Hall–Kier alpha value is -2.30. The number of alkyl halides is 6. The number of hydrogen-bond acceptors (Lipinski definition) is 3. The van der Waals surface area contributed by atoms with Gasteiger partial charge in [0, 0.05) is 37.7 Å². The molecule has 0 aromatic carbocycles. The second-order valence-corrected chi connectivity index (χ2v) is 8.83. The Kier molecular flexibility index (Phi) is 6.61. The zero-order valence-electron chi connectivity index (χ0n) is 17.9. The van der Waals surface area contributed by atoms with Gasteiger partial charge in [0.15, 0.2) is 5.69 Å². The van der Waals surface area contributed by atoms with Gasteiger partial charge in [-0.3, -0.25) is 9.20 Å². The number of imidazole rings is 1. The van der Waals surface area contributed by atoms with Gasteiger partial charge in [0.2, 0.25) is 5.92 Å². The smallest absolute Gasteiger partial charge is 0.381 e. The van der Waals surface area contributed by atoms with Gasteiger partial charge in [-0.1, -0.05) is 0 Å². The quantitative estimate of drug-likeness (QED) is 0.610. The van der Waals surface area contributed by atoms with E-state index >= 15 is 0 Å². The molecule has 2 aromatic heterocycles. The molecule has 2 aromatic rings. The monoisotopic (exact) mass is 477 g/mol. The zero-order chi connectivity index (χ0) is 23.8. The molecule has 33 heavy (non-hydrogen) atoms. The van der Waals surface area contributed by atoms with Crippen molar-refractivity contribution in [3.8, 4) is 0 Å². The number of ether oxygens (including phenoxy) is 1. The number of rotatable bonds is 5. The van der Waals surface area contributed by atoms with Crippen LogP contribution < -0.4 is 5.32 Å². The maximum atomic E-state index is 13.9. The first-order valence-electron chi connectivity index (χ1n) is 11.0. The third-order valence-electron chi connectivity index (χ3n) is 6.44. The van der Waals surface area contributed by atoms with Crippen molar-refractivity contribution in [2.24, 2.45) is 5.92 Å². The van der Waals surface area contributed by atoms with Crippen molar-refractivity contribution in [1.29, 1.82) is 0 Å². The van der Waals surface area contributed by atoms with Crippen molar-refractivity contribution in [2.75, 3.05) is 13.2 Å². The molecule has 4 rings (SSSR count). The van der Waals surface area contributed by atoms with Crippen molar-refractivity contribution < 1.29 is 35.9 Å². The van der Waals surface area contributed by atoms with Crippen LogP contribution in [-0.4, -0.2) is 40.5 Å². The van der Waals surface area contributed by atoms with Gasteiger partial charge in [0.05, 0.1) is 11.4 Å². The summed E-state index contributed by atoms with van der Waals surface area (Å²) in [6.07, 6.45) is -4.36. The molecule has 0 unspecified atom stereocenters. The standard InChI is InChI=1S/C22H25F6N3O2/c23-12-16-10-14(20(32)29-15-3-7-33-8-4-15)11-18-30-19(22(26,27)28)17(31(16)18)9-13-1-5-21(24,25)6-2-13/h10-11,13,15H,1-9,12H2,(H,29,32). The number of nitrogens with one attached hydrogen (secondary N) is 1. The van der Waals surface area contributed by atoms with Crippen LogP contribution in [0.4, 0.5) is 26.3 Å². The highest BCUT2D eigenvalue weighted by Crippen LogP contribution is 2.40. The SMILES string of the molecule is O=C(NC1CCOCC1)c1cc(CF)n2c(CC3CCC(F)(F)CC3)c(C(F)(F)F)nc2c1. The first kappa shape index (κ1) is 23.8. The molecule has 1 saturated heterocycles. The number of carbonyl (C=O) groups excluding carboxylic acids is 1. The van der Waals surface area contributed by atoms with Crippen molar-refractivity contribution in [3.63, 3.8) is 0 Å². The number of carbonyl (C=O) groups is 1. The molecule has 2 aliphatic rings. The Morgan fingerprint density at radius 2 is 1.82 bits per heavy atom. The fourth-order valence-corrected chi connectivity index (χ4v) is 4.65. The number of hydrogen-bond donors (Lipinski definition) is 1. The topological polar surface area (TPSA) is 55.6 Å². The third kappa shape index (κ3) is 5.28. The minimum Gasteiger partial charge on any atom is -0.381 e. The van der Waals surface area contributed by atoms with E-state index in [2.05, 4.69) is 10.3 Å². The Morgan fingerprint density at radius 1 is 1.15 bits per heavy atom. The van der Waals surface area contributed by atoms with E-state index in [-0.39, 0.29) is 60.7 Å². The fraction of sp³-hybridized carbons (Fsp3) is 0.636. The molecule has 11 heteroatoms. The molecule has 0 atom stereocenters. The molecule has 182 valence electrons. The highest BCUT2D eigenvalue weighted by molar-refractivity contribution is 5.95. The number of fused-ring (bicyclic) bond motifs is 1. The maximum Gasteiger partial charge on any atom is 0.435 e. The van der Waals surface area contributed by atoms with E-state index in [0.29, 0.717) is 26.1 Å². The molecule has 1 N–H and O–H groups in total. The largest absolute Gasteiger partial charge is 0.435 e. The van der Waals surface area contributed by atoms with Crippen molar-refractivity contribution in [1.82, 2.24) is 14.7 Å². The van der Waals surface area contributed by atoms with Gasteiger partial charge in [-0.2, -0.15) is 13.2 Å². The number of aromatic nitrogens is 2. The summed E-state index contributed by atoms with van der Waals surface area (Å²) in [5.41, 5.74) is -1.73. The predicted molar refractivity (Wildman–Crippen MR) is 107 cm³/mol. The molecule has 0 radical (unpaired) electrons. The lowest BCUT2D eigenvalue weighted by Crippen LogP contribution is -2.39. The first-order valence-corrected chi connectivity index (χ1v) is 11.0. The van der Waals surface area contributed by atoms with E-state index in [4.69, 9.17) is 4.74 Å². The molecule has 1 aliphatic heterocycles. The summed E-state index contributed by atoms with van der Waals surface area (Å²) < 4.78 is 88.6. The van der Waals surface area contributed by atoms with Crippen LogP contribution >= 0.6 is 0 Å². The van der Waals surface area contributed by atoms with Crippen LogP contribution in [0, 0.1) is 5.92 Å². The lowest BCUT2D eigenvalue weighted by Gasteiger charge is -2.28. The average molecular weight is 477 g/mol. The van der Waals surface area contributed by atoms with Gasteiger partial charge in [-0.25, -0.2) is 18.2 Å². The van der Waals surface area contributed by atoms with E-state index in [9.17, 15) is 31.1 Å². The number of pyridine rings is 1. The van der Waals surface area contributed by atoms with Crippen molar-refractivity contribution in [3.05, 3.63) is 34.8 Å². The van der Waals surface area contributed by atoms with Crippen LogP contribution in [0.3, 0.4) is 0 Å². The highest BCUT2D eigenvalue weighted by Gasteiger charge is 2.41. The summed E-state index contributed by atoms with van der Waals surface area (Å²) >= 11 is 0. The number of amides is 1. The van der Waals surface area contributed by atoms with Crippen molar-refractivity contribution >= 4 is 11.6 Å². The second-order valence-electron chi connectivity index (χ2n) is 8.83. The Balaban J connectivity index is 1.68. The third-order valence-corrected chi connectivity index (χ3v) is 6.44. The van der Waals surface area contributed by atoms with E-state index in [1.165, 1.54) is 12.1 Å². The lowest BCUT2D eigenvalue weighted by atomic mass is 9.83. The molecule has 2 fully saturated rings. The van der Waals surface area contributed by atoms with E-state index in [1.54, 1.807) is 0 Å². The van der Waals surface area contributed by atoms with Crippen LogP contribution in [0.5, 0.6) is 0 Å². The summed E-state index contributed by atoms with van der Waals surface area (Å²) in [6, 6.07) is 2.30. The van der Waals surface area contributed by atoms with Gasteiger partial charge in [-0.15, -0.1) is 0 Å². The maximum absolute atomic E-state index is 13.9. The average Bonchev–Trinajstić information content (AvgIpc) is 3.14. The first-order chi connectivity index (χ1) is 15.6. The van der Waals surface area contributed by atoms with Gasteiger partial charge in [0.25, 0.3) is 5.91 Å². The Labute approximate surface area is 186 Å². The highest BCUT2D eigenvalue weighted by atomic mass is 19.4. The van der Waals surface area contributed by atoms with Crippen molar-refractivity contribution in [2.45, 2.75) is 69.8 Å². The minimum atomic E-state index is -4.81. The lowest BCUT2D eigenvalue weighted by molar-refractivity contribution is -0.141. The molecule has 0 bridgehead atoms. The minimum absolute atomic E-state index is 0.0178. The van der Waals surface area contributed by atoms with Gasteiger partial charge in [-0.05, 0) is 50.2 Å². The number of halogens is 6. The van der Waals surface area contributed by atoms with Crippen LogP contribution in [0.15, 0.2) is 12.1 Å². The summed E-state index contributed by atoms with van der Waals surface area (Å²) in [4.78, 5) is 16.4. The second kappa shape index (κ2) is 9.15. The van der Waals surface area contributed by atoms with E-state index in [1.807, 2.05) is 0 Å². The molecule has 3 heterocycles. The zero-order valence-corrected chi connectivity index (χ0v) is 17.9. The summed E-state index contributed by atoms with van der Waals surface area (Å²) in [6.45, 7) is -0.130. The van der Waals surface area contributed by atoms with Crippen LogP contribution in [-0.2, 0) is 24.0 Å². The molecule has 1 amide bonds. The number of nitrogens with zero attached hydrogens (tertiary/aromatic N) is 2. The molecule has 1 aliphatic carbocycles. The molecule has 5 nitrogen and oxygen atoms in total. The normalized spacial score (nSPS) is 20.3. The molecular weight excluding hydrogens is 452 g/mol. The van der Waals surface area contributed by atoms with E-state index < -0.39 is 36.3 Å². The summed E-state index contributed by atoms with van der Waals surface area (Å²) in [5.74, 6) is -3.72. The summed E-state index contributed by atoms with van der Waals surface area (Å²) in [7, 11) is 0.